The molecule has 0 saturated carbocycles. The van der Waals surface area contributed by atoms with Crippen LogP contribution in [0.3, 0.4) is 0 Å². The zero-order valence-electron chi connectivity index (χ0n) is 39.0. The second-order valence-corrected chi connectivity index (χ2v) is 19.4. The minimum Gasteiger partial charge on any atom is -0.313 e. The van der Waals surface area contributed by atoms with E-state index in [4.69, 9.17) is 0 Å². The molecule has 2 nitrogen and oxygen atoms in total. The van der Waals surface area contributed by atoms with Crippen LogP contribution in [0, 0.1) is 0 Å². The van der Waals surface area contributed by atoms with Crippen LogP contribution in [-0.2, 0) is 0 Å². The number of aromatic nitrogens is 1. The predicted molar refractivity (Wildman–Crippen MR) is 305 cm³/mol. The van der Waals surface area contributed by atoms with Gasteiger partial charge in [0.2, 0.25) is 20.1 Å². The Morgan fingerprint density at radius 2 is 0.648 bits per heavy atom. The van der Waals surface area contributed by atoms with Crippen LogP contribution in [0.15, 0.2) is 261 Å². The molecule has 3 aliphatic rings. The Hall–Kier alpha value is -8.79. The van der Waals surface area contributed by atoms with E-state index in [-0.39, 0.29) is 20.1 Å². The molecule has 0 unspecified atom stereocenters. The number of anilines is 3. The average molecular weight is 897 g/mol. The highest BCUT2D eigenvalue weighted by Gasteiger charge is 2.45. The fraction of sp³-hybridized carbons (Fsp3) is 0. The molecule has 4 heterocycles. The van der Waals surface area contributed by atoms with E-state index in [0.29, 0.717) is 0 Å². The van der Waals surface area contributed by atoms with Crippen LogP contribution in [0.5, 0.6) is 0 Å². The smallest absolute Gasteiger partial charge is 0.247 e. The third-order valence-corrected chi connectivity index (χ3v) is 15.8. The Kier molecular flexibility index (Phi) is 8.98. The fourth-order valence-electron chi connectivity index (χ4n) is 13.0. The molecule has 15 rings (SSSR count). The molecule has 326 valence electrons. The summed E-state index contributed by atoms with van der Waals surface area (Å²) in [4.78, 5) is 2.64. The quantitative estimate of drug-likeness (QED) is 0.151. The van der Waals surface area contributed by atoms with Crippen LogP contribution >= 0.6 is 0 Å². The van der Waals surface area contributed by atoms with E-state index < -0.39 is 0 Å². The van der Waals surface area contributed by atoms with Crippen molar-refractivity contribution in [2.24, 2.45) is 0 Å². The highest BCUT2D eigenvalue weighted by Crippen LogP contribution is 2.42. The Morgan fingerprint density at radius 1 is 0.254 bits per heavy atom. The molecule has 5 heteroatoms. The molecule has 71 heavy (non-hydrogen) atoms. The van der Waals surface area contributed by atoms with Gasteiger partial charge in [0.15, 0.2) is 0 Å². The third-order valence-electron chi connectivity index (χ3n) is 15.8. The van der Waals surface area contributed by atoms with Gasteiger partial charge in [0.1, 0.15) is 0 Å². The molecule has 3 aliphatic heterocycles. The molecule has 0 radical (unpaired) electrons. The van der Waals surface area contributed by atoms with E-state index in [0.717, 1.165) is 0 Å². The van der Waals surface area contributed by atoms with Crippen molar-refractivity contribution in [2.75, 3.05) is 4.90 Å². The maximum Gasteiger partial charge on any atom is 0.247 e. The van der Waals surface area contributed by atoms with Gasteiger partial charge in [0, 0.05) is 39.0 Å². The number of nitrogens with zero attached hydrogens (tertiary/aromatic N) is 2. The Labute approximate surface area is 415 Å². The maximum atomic E-state index is 2.64. The summed E-state index contributed by atoms with van der Waals surface area (Å²) in [5.74, 6) is 0. The maximum absolute atomic E-state index is 2.64. The van der Waals surface area contributed by atoms with Gasteiger partial charge in [-0.2, -0.15) is 0 Å². The molecular formula is C66H43B3N2. The van der Waals surface area contributed by atoms with Gasteiger partial charge in [-0.25, -0.2) is 0 Å². The van der Waals surface area contributed by atoms with E-state index in [1.807, 2.05) is 0 Å². The standard InChI is InChI=1S/C66H43B3N2/c1-4-22-44(23-5-1)47-28-10-13-32-52(47)67-55-35-16-18-40-61(55)70-63-43-60-64(42-51(63)50-31-20-37-57(67)65(50)70)71-62-41-19-17-36-56(62)68(53-33-14-11-29-48(53)45-24-6-2-7-25-45)58-38-21-39-59(66(58)71)69(60)54-34-15-12-30-49(54)46-26-8-3-9-27-46/h1-43H. The van der Waals surface area contributed by atoms with Crippen molar-refractivity contribution in [3.8, 4) is 39.1 Å². The Morgan fingerprint density at radius 3 is 1.20 bits per heavy atom. The summed E-state index contributed by atoms with van der Waals surface area (Å²) in [6.07, 6.45) is 0. The Bertz CT molecular complexity index is 4090. The molecular weight excluding hydrogens is 853 g/mol. The van der Waals surface area contributed by atoms with Crippen LogP contribution in [0.25, 0.3) is 60.9 Å². The topological polar surface area (TPSA) is 8.17 Å². The molecule has 1 aromatic heterocycles. The lowest BCUT2D eigenvalue weighted by atomic mass is 9.30. The van der Waals surface area contributed by atoms with E-state index in [2.05, 4.69) is 270 Å². The molecule has 0 atom stereocenters. The minimum atomic E-state index is -0.0677. The molecule has 11 aromatic carbocycles. The summed E-state index contributed by atoms with van der Waals surface area (Å²) in [6, 6.07) is 97.7. The first-order valence-corrected chi connectivity index (χ1v) is 25.0. The first-order valence-electron chi connectivity index (χ1n) is 25.0. The van der Waals surface area contributed by atoms with E-state index in [1.165, 1.54) is 127 Å². The lowest BCUT2D eigenvalue weighted by Gasteiger charge is -2.44. The molecule has 12 aromatic rings. The highest BCUT2D eigenvalue weighted by atomic mass is 15.2. The Balaban J connectivity index is 1.04. The third kappa shape index (κ3) is 5.93. The lowest BCUT2D eigenvalue weighted by molar-refractivity contribution is 1.19. The van der Waals surface area contributed by atoms with Gasteiger partial charge in [-0.3, -0.25) is 0 Å². The van der Waals surface area contributed by atoms with Gasteiger partial charge in [-0.1, -0.05) is 253 Å². The van der Waals surface area contributed by atoms with Gasteiger partial charge in [-0.05, 0) is 90.4 Å². The first kappa shape index (κ1) is 40.1. The molecule has 0 saturated heterocycles. The normalized spacial score (nSPS) is 13.0. The molecule has 0 N–H and O–H groups in total. The number of rotatable bonds is 6. The second-order valence-electron chi connectivity index (χ2n) is 19.4. The largest absolute Gasteiger partial charge is 0.313 e. The number of para-hydroxylation sites is 4. The van der Waals surface area contributed by atoms with Crippen molar-refractivity contribution in [3.05, 3.63) is 261 Å². The van der Waals surface area contributed by atoms with E-state index >= 15 is 0 Å². The van der Waals surface area contributed by atoms with E-state index in [1.54, 1.807) is 0 Å². The first-order chi connectivity index (χ1) is 35.3. The summed E-state index contributed by atoms with van der Waals surface area (Å²) >= 11 is 0. The summed E-state index contributed by atoms with van der Waals surface area (Å²) in [5.41, 5.74) is 26.8. The SMILES string of the molecule is c1ccc(-c2ccccc2B2c3ccccc3N3c4cc5c6cccc7c6n(c5cc4B(c4ccccc4-c4ccccc4)c4cccc2c43)-c2ccccc2B7c2ccccc2-c2ccccc2)cc1. The number of benzene rings is 11. The van der Waals surface area contributed by atoms with Gasteiger partial charge >= 0.3 is 0 Å². The van der Waals surface area contributed by atoms with Crippen LogP contribution in [-0.4, -0.2) is 24.7 Å². The lowest BCUT2D eigenvalue weighted by Crippen LogP contribution is -2.65. The van der Waals surface area contributed by atoms with E-state index in [9.17, 15) is 0 Å². The van der Waals surface area contributed by atoms with Crippen molar-refractivity contribution in [1.29, 1.82) is 0 Å². The second kappa shape index (κ2) is 15.9. The van der Waals surface area contributed by atoms with Gasteiger partial charge < -0.3 is 9.47 Å². The van der Waals surface area contributed by atoms with Crippen molar-refractivity contribution in [1.82, 2.24) is 4.57 Å². The van der Waals surface area contributed by atoms with Crippen molar-refractivity contribution in [3.63, 3.8) is 0 Å². The van der Waals surface area contributed by atoms with Crippen molar-refractivity contribution in [2.45, 2.75) is 0 Å². The molecule has 0 spiro atoms. The fourth-order valence-corrected chi connectivity index (χ4v) is 13.0. The molecule has 0 amide bonds. The average Bonchev–Trinajstić information content (AvgIpc) is 3.77. The summed E-state index contributed by atoms with van der Waals surface area (Å²) in [5, 5.41) is 2.54. The molecule has 0 aliphatic carbocycles. The van der Waals surface area contributed by atoms with Crippen LogP contribution < -0.4 is 54.1 Å². The van der Waals surface area contributed by atoms with Gasteiger partial charge in [-0.15, -0.1) is 0 Å². The predicted octanol–water partition coefficient (Wildman–Crippen LogP) is 9.74. The summed E-state index contributed by atoms with van der Waals surface area (Å²) in [6.45, 7) is -0.0171. The summed E-state index contributed by atoms with van der Waals surface area (Å²) < 4.78 is 2.60. The number of hydrogen-bond acceptors (Lipinski definition) is 1. The zero-order chi connectivity index (χ0) is 46.6. The summed E-state index contributed by atoms with van der Waals surface area (Å²) in [7, 11) is 0. The van der Waals surface area contributed by atoms with Crippen molar-refractivity contribution < 1.29 is 0 Å². The number of fused-ring (bicyclic) bond motifs is 9. The van der Waals surface area contributed by atoms with Crippen LogP contribution in [0.1, 0.15) is 0 Å². The number of hydrogen-bond donors (Lipinski definition) is 0. The monoisotopic (exact) mass is 896 g/mol. The zero-order valence-corrected chi connectivity index (χ0v) is 39.0. The van der Waals surface area contributed by atoms with Gasteiger partial charge in [0.25, 0.3) is 0 Å². The van der Waals surface area contributed by atoms with Crippen LogP contribution in [0.4, 0.5) is 17.1 Å². The molecule has 0 fully saturated rings. The minimum absolute atomic E-state index is 0.00915. The van der Waals surface area contributed by atoms with Crippen LogP contribution in [0.2, 0.25) is 0 Å². The highest BCUT2D eigenvalue weighted by molar-refractivity contribution is 7.03. The molecule has 0 bridgehead atoms. The van der Waals surface area contributed by atoms with Crippen molar-refractivity contribution >= 4 is 108 Å². The van der Waals surface area contributed by atoms with Gasteiger partial charge in [0.05, 0.1) is 5.52 Å².